The number of nitrogens with zero attached hydrogens (tertiary/aromatic N) is 1. The zero-order valence-corrected chi connectivity index (χ0v) is 19.2. The van der Waals surface area contributed by atoms with E-state index in [0.717, 1.165) is 0 Å². The van der Waals surface area contributed by atoms with Crippen molar-refractivity contribution < 1.29 is 30.7 Å². The Morgan fingerprint density at radius 2 is 1.20 bits per heavy atom. The lowest BCUT2D eigenvalue weighted by atomic mass is 10.1. The summed E-state index contributed by atoms with van der Waals surface area (Å²) in [5, 5.41) is 0. The number of hydrogen-bond donors (Lipinski definition) is 0. The maximum atomic E-state index is 10.7. The summed E-state index contributed by atoms with van der Waals surface area (Å²) in [4.78, 5) is 0. The smallest absolute Gasteiger partial charge is 0.485 e. The molecule has 0 bridgehead atoms. The van der Waals surface area contributed by atoms with E-state index < -0.39 is 15.6 Å². The second-order valence-corrected chi connectivity index (χ2v) is 9.00. The molecule has 0 aliphatic rings. The van der Waals surface area contributed by atoms with Crippen LogP contribution >= 0.6 is 0 Å². The third-order valence-corrected chi connectivity index (χ3v) is 5.40. The van der Waals surface area contributed by atoms with Gasteiger partial charge in [0.15, 0.2) is 22.5 Å². The monoisotopic (exact) mass is 453 g/mol. The summed E-state index contributed by atoms with van der Waals surface area (Å²) >= 11 is 0. The van der Waals surface area contributed by atoms with Crippen LogP contribution in [0.4, 0.5) is 13.2 Å². The molecule has 4 nitrogen and oxygen atoms in total. The largest absolute Gasteiger partial charge is 0.741 e. The topological polar surface area (TPSA) is 61.1 Å². The number of pyridine rings is 1. The minimum Gasteiger partial charge on any atom is -0.741 e. The SMILES string of the molecule is CCCCCCCCCCCC[n+]1ccc(CCCC)cc1.O=S(=O)([O-])C(F)(F)F. The van der Waals surface area contributed by atoms with Crippen LogP contribution in [0.3, 0.4) is 0 Å². The van der Waals surface area contributed by atoms with E-state index in [1.54, 1.807) is 0 Å². The van der Waals surface area contributed by atoms with Crippen LogP contribution in [0.25, 0.3) is 0 Å². The second kappa shape index (κ2) is 16.5. The number of aryl methyl sites for hydroxylation is 2. The third-order valence-electron chi connectivity index (χ3n) is 4.83. The van der Waals surface area contributed by atoms with Crippen LogP contribution in [0.5, 0.6) is 0 Å². The van der Waals surface area contributed by atoms with Gasteiger partial charge in [-0.15, -0.1) is 0 Å². The van der Waals surface area contributed by atoms with Crippen LogP contribution in [0.2, 0.25) is 0 Å². The number of aromatic nitrogens is 1. The van der Waals surface area contributed by atoms with Gasteiger partial charge in [-0.2, -0.15) is 13.2 Å². The number of unbranched alkanes of at least 4 members (excludes halogenated alkanes) is 10. The van der Waals surface area contributed by atoms with E-state index in [-0.39, 0.29) is 0 Å². The minimum atomic E-state index is -6.09. The van der Waals surface area contributed by atoms with E-state index in [1.807, 2.05) is 0 Å². The lowest BCUT2D eigenvalue weighted by Crippen LogP contribution is -2.32. The first-order chi connectivity index (χ1) is 14.1. The summed E-state index contributed by atoms with van der Waals surface area (Å²) in [7, 11) is -6.09. The van der Waals surface area contributed by atoms with Gasteiger partial charge in [0.25, 0.3) is 0 Å². The van der Waals surface area contributed by atoms with Crippen LogP contribution < -0.4 is 4.57 Å². The maximum Gasteiger partial charge on any atom is 0.485 e. The standard InChI is InChI=1S/C21H38N.CHF3O3S/c1-3-5-7-8-9-10-11-12-13-14-18-22-19-16-21(17-20-22)15-6-4-2;2-1(3,4)8(5,6)7/h16-17,19-20H,3-15,18H2,1-2H3;(H,5,6,7)/q+1;/p-1. The second-order valence-electron chi connectivity index (χ2n) is 7.63. The highest BCUT2D eigenvalue weighted by atomic mass is 32.2. The van der Waals surface area contributed by atoms with Gasteiger partial charge in [0.2, 0.25) is 0 Å². The molecule has 176 valence electrons. The number of hydrogen-bond acceptors (Lipinski definition) is 3. The molecule has 0 aromatic carbocycles. The highest BCUT2D eigenvalue weighted by Crippen LogP contribution is 2.20. The minimum absolute atomic E-state index is 1.19. The molecule has 0 saturated carbocycles. The van der Waals surface area contributed by atoms with E-state index in [9.17, 15) is 13.2 Å². The van der Waals surface area contributed by atoms with Crippen molar-refractivity contribution >= 4 is 10.1 Å². The average molecular weight is 454 g/mol. The Balaban J connectivity index is 0.000000890. The Labute approximate surface area is 180 Å². The molecule has 8 heteroatoms. The molecule has 1 heterocycles. The van der Waals surface area contributed by atoms with Gasteiger partial charge in [0.1, 0.15) is 6.54 Å². The summed E-state index contributed by atoms with van der Waals surface area (Å²) < 4.78 is 61.3. The molecular weight excluding hydrogens is 415 g/mol. The number of rotatable bonds is 14. The fourth-order valence-electron chi connectivity index (χ4n) is 2.97. The fourth-order valence-corrected chi connectivity index (χ4v) is 2.97. The van der Waals surface area contributed by atoms with Gasteiger partial charge in [-0.05, 0) is 24.8 Å². The average Bonchev–Trinajstić information content (AvgIpc) is 2.67. The molecule has 0 N–H and O–H groups in total. The highest BCUT2D eigenvalue weighted by Gasteiger charge is 2.36. The maximum absolute atomic E-state index is 10.7. The van der Waals surface area contributed by atoms with Gasteiger partial charge in [0.05, 0.1) is 0 Å². The molecule has 0 spiro atoms. The van der Waals surface area contributed by atoms with E-state index >= 15 is 0 Å². The molecule has 1 aromatic heterocycles. The van der Waals surface area contributed by atoms with Crippen molar-refractivity contribution in [3.63, 3.8) is 0 Å². The van der Waals surface area contributed by atoms with E-state index in [2.05, 4.69) is 42.9 Å². The number of halogens is 3. The Hall–Kier alpha value is -1.15. The Morgan fingerprint density at radius 1 is 0.800 bits per heavy atom. The van der Waals surface area contributed by atoms with Crippen LogP contribution in [0, 0.1) is 0 Å². The molecule has 0 atom stereocenters. The number of alkyl halides is 3. The predicted molar refractivity (Wildman–Crippen MR) is 113 cm³/mol. The molecule has 30 heavy (non-hydrogen) atoms. The molecule has 0 aliphatic carbocycles. The highest BCUT2D eigenvalue weighted by molar-refractivity contribution is 7.86. The van der Waals surface area contributed by atoms with Crippen molar-refractivity contribution in [1.29, 1.82) is 0 Å². The molecule has 0 saturated heterocycles. The first-order valence-corrected chi connectivity index (χ1v) is 12.5. The van der Waals surface area contributed by atoms with E-state index in [0.29, 0.717) is 0 Å². The van der Waals surface area contributed by atoms with Crippen molar-refractivity contribution in [2.45, 2.75) is 109 Å². The van der Waals surface area contributed by atoms with Crippen molar-refractivity contribution in [2.24, 2.45) is 0 Å². The van der Waals surface area contributed by atoms with Crippen LogP contribution in [0.15, 0.2) is 24.5 Å². The van der Waals surface area contributed by atoms with Gasteiger partial charge in [-0.1, -0.05) is 71.6 Å². The predicted octanol–water partition coefficient (Wildman–Crippen LogP) is 6.29. The lowest BCUT2D eigenvalue weighted by Gasteiger charge is -2.08. The van der Waals surface area contributed by atoms with Crippen LogP contribution in [-0.2, 0) is 23.1 Å². The first-order valence-electron chi connectivity index (χ1n) is 11.1. The van der Waals surface area contributed by atoms with Crippen molar-refractivity contribution in [3.05, 3.63) is 30.1 Å². The van der Waals surface area contributed by atoms with Crippen LogP contribution in [0.1, 0.15) is 96.5 Å². The molecular formula is C22H38F3NO3S. The zero-order valence-electron chi connectivity index (χ0n) is 18.4. The van der Waals surface area contributed by atoms with E-state index in [4.69, 9.17) is 13.0 Å². The van der Waals surface area contributed by atoms with Gasteiger partial charge in [-0.3, -0.25) is 0 Å². The fraction of sp³-hybridized carbons (Fsp3) is 0.773. The molecule has 0 unspecified atom stereocenters. The van der Waals surface area contributed by atoms with Crippen LogP contribution in [-0.4, -0.2) is 18.5 Å². The summed E-state index contributed by atoms with van der Waals surface area (Å²) in [6.07, 6.45) is 22.5. The Bertz CT molecular complexity index is 632. The normalized spacial score (nSPS) is 11.8. The zero-order chi connectivity index (χ0) is 22.9. The summed E-state index contributed by atoms with van der Waals surface area (Å²) in [5.41, 5.74) is -4.16. The molecule has 1 aromatic rings. The van der Waals surface area contributed by atoms with Crippen molar-refractivity contribution in [1.82, 2.24) is 0 Å². The molecule has 0 aliphatic heterocycles. The lowest BCUT2D eigenvalue weighted by molar-refractivity contribution is -0.697. The van der Waals surface area contributed by atoms with Gasteiger partial charge < -0.3 is 4.55 Å². The third kappa shape index (κ3) is 15.7. The molecule has 0 radical (unpaired) electrons. The van der Waals surface area contributed by atoms with Crippen molar-refractivity contribution in [3.8, 4) is 0 Å². The first kappa shape index (κ1) is 28.9. The summed E-state index contributed by atoms with van der Waals surface area (Å²) in [6.45, 7) is 5.73. The Morgan fingerprint density at radius 3 is 1.60 bits per heavy atom. The van der Waals surface area contributed by atoms with E-state index in [1.165, 1.54) is 95.6 Å². The molecule has 1 rings (SSSR count). The summed E-state index contributed by atoms with van der Waals surface area (Å²) in [6, 6.07) is 4.60. The van der Waals surface area contributed by atoms with Gasteiger partial charge in [0, 0.05) is 18.6 Å². The van der Waals surface area contributed by atoms with Crippen molar-refractivity contribution in [2.75, 3.05) is 0 Å². The summed E-state index contributed by atoms with van der Waals surface area (Å²) in [5.74, 6) is 0. The Kier molecular flexibility index (Phi) is 15.9. The van der Waals surface area contributed by atoms with Gasteiger partial charge >= 0.3 is 5.51 Å². The quantitative estimate of drug-likeness (QED) is 0.144. The molecule has 0 fully saturated rings. The molecule has 0 amide bonds. The van der Waals surface area contributed by atoms with Gasteiger partial charge in [-0.25, -0.2) is 13.0 Å².